The van der Waals surface area contributed by atoms with Crippen LogP contribution in [0.4, 0.5) is 0 Å². The summed E-state index contributed by atoms with van der Waals surface area (Å²) in [5, 5.41) is 14.9. The molecule has 0 spiro atoms. The highest BCUT2D eigenvalue weighted by Crippen LogP contribution is 2.20. The number of rotatable bonds is 7. The van der Waals surface area contributed by atoms with Gasteiger partial charge in [-0.25, -0.2) is 0 Å². The molecule has 2 atom stereocenters. The molecule has 2 unspecified atom stereocenters. The van der Waals surface area contributed by atoms with Gasteiger partial charge in [-0.1, -0.05) is 36.4 Å². The lowest BCUT2D eigenvalue weighted by atomic mass is 10.0. The van der Waals surface area contributed by atoms with Crippen molar-refractivity contribution < 1.29 is 5.11 Å². The van der Waals surface area contributed by atoms with Crippen molar-refractivity contribution in [2.75, 3.05) is 13.2 Å². The van der Waals surface area contributed by atoms with Crippen LogP contribution in [0.5, 0.6) is 0 Å². The van der Waals surface area contributed by atoms with Crippen LogP contribution in [0.15, 0.2) is 42.5 Å². The first-order chi connectivity index (χ1) is 9.74. The average Bonchev–Trinajstić information content (AvgIpc) is 2.50. The second kappa shape index (κ2) is 7.39. The maximum absolute atomic E-state index is 8.89. The molecule has 0 amide bonds. The molecule has 3 heteroatoms. The van der Waals surface area contributed by atoms with Crippen LogP contribution in [0.3, 0.4) is 0 Å². The second-order valence-corrected chi connectivity index (χ2v) is 5.33. The van der Waals surface area contributed by atoms with E-state index in [0.29, 0.717) is 12.6 Å². The summed E-state index contributed by atoms with van der Waals surface area (Å²) in [5.74, 6) is 0. The first-order valence-corrected chi connectivity index (χ1v) is 7.30. The molecule has 0 aliphatic heterocycles. The minimum atomic E-state index is 0.160. The van der Waals surface area contributed by atoms with Gasteiger partial charge in [0.1, 0.15) is 0 Å². The molecule has 0 aromatic heterocycles. The molecule has 2 aromatic carbocycles. The van der Waals surface area contributed by atoms with Crippen LogP contribution >= 0.6 is 0 Å². The standard InChI is InChI=1S/C17H24N2O/c1-13(5-4-10-20)19-17(12-18)16-9-8-14-6-2-3-7-15(14)11-16/h2-3,6-9,11,13,17,19-20H,4-5,10,12,18H2,1H3. The third kappa shape index (κ3) is 3.79. The van der Waals surface area contributed by atoms with E-state index < -0.39 is 0 Å². The summed E-state index contributed by atoms with van der Waals surface area (Å²) in [6, 6.07) is 15.4. The topological polar surface area (TPSA) is 58.3 Å². The van der Waals surface area contributed by atoms with Gasteiger partial charge in [0.05, 0.1) is 0 Å². The summed E-state index contributed by atoms with van der Waals surface area (Å²) in [4.78, 5) is 0. The van der Waals surface area contributed by atoms with E-state index in [1.54, 1.807) is 0 Å². The van der Waals surface area contributed by atoms with Crippen LogP contribution in [0, 0.1) is 0 Å². The van der Waals surface area contributed by atoms with Gasteiger partial charge in [0.25, 0.3) is 0 Å². The number of benzene rings is 2. The van der Waals surface area contributed by atoms with E-state index in [0.717, 1.165) is 12.8 Å². The molecule has 0 bridgehead atoms. The Bertz CT molecular complexity index is 541. The largest absolute Gasteiger partial charge is 0.396 e. The molecule has 0 saturated carbocycles. The lowest BCUT2D eigenvalue weighted by Crippen LogP contribution is -2.35. The van der Waals surface area contributed by atoms with Crippen molar-refractivity contribution >= 4 is 10.8 Å². The predicted molar refractivity (Wildman–Crippen MR) is 84.7 cm³/mol. The van der Waals surface area contributed by atoms with Crippen LogP contribution in [0.1, 0.15) is 31.4 Å². The maximum Gasteiger partial charge on any atom is 0.0446 e. The summed E-state index contributed by atoms with van der Waals surface area (Å²) in [6.07, 6.45) is 1.78. The smallest absolute Gasteiger partial charge is 0.0446 e. The summed E-state index contributed by atoms with van der Waals surface area (Å²) in [5.41, 5.74) is 7.14. The Morgan fingerprint density at radius 1 is 1.15 bits per heavy atom. The molecule has 4 N–H and O–H groups in total. The number of nitrogens with two attached hydrogens (primary N) is 1. The van der Waals surface area contributed by atoms with Crippen molar-refractivity contribution in [3.8, 4) is 0 Å². The summed E-state index contributed by atoms with van der Waals surface area (Å²) in [6.45, 7) is 2.95. The van der Waals surface area contributed by atoms with Crippen molar-refractivity contribution in [3.05, 3.63) is 48.0 Å². The van der Waals surface area contributed by atoms with Crippen LogP contribution in [0.25, 0.3) is 10.8 Å². The van der Waals surface area contributed by atoms with Crippen LogP contribution in [-0.4, -0.2) is 24.3 Å². The van der Waals surface area contributed by atoms with E-state index in [4.69, 9.17) is 10.8 Å². The van der Waals surface area contributed by atoms with E-state index in [9.17, 15) is 0 Å². The number of fused-ring (bicyclic) bond motifs is 1. The van der Waals surface area contributed by atoms with Gasteiger partial charge in [-0.05, 0) is 42.2 Å². The third-order valence-electron chi connectivity index (χ3n) is 3.69. The van der Waals surface area contributed by atoms with Crippen LogP contribution in [0.2, 0.25) is 0 Å². The van der Waals surface area contributed by atoms with Crippen molar-refractivity contribution in [2.24, 2.45) is 5.73 Å². The number of aliphatic hydroxyl groups excluding tert-OH is 1. The molecule has 108 valence electrons. The molecule has 0 aliphatic rings. The monoisotopic (exact) mass is 272 g/mol. The van der Waals surface area contributed by atoms with Gasteiger partial charge >= 0.3 is 0 Å². The van der Waals surface area contributed by atoms with Gasteiger partial charge in [0.15, 0.2) is 0 Å². The van der Waals surface area contributed by atoms with Gasteiger partial charge < -0.3 is 16.2 Å². The molecular formula is C17H24N2O. The Balaban J connectivity index is 2.12. The zero-order chi connectivity index (χ0) is 14.4. The van der Waals surface area contributed by atoms with E-state index in [-0.39, 0.29) is 12.6 Å². The third-order valence-corrected chi connectivity index (χ3v) is 3.69. The Kier molecular flexibility index (Phi) is 5.53. The number of nitrogens with one attached hydrogen (secondary N) is 1. The zero-order valence-electron chi connectivity index (χ0n) is 12.0. The van der Waals surface area contributed by atoms with Crippen molar-refractivity contribution in [1.82, 2.24) is 5.32 Å². The molecule has 2 rings (SSSR count). The van der Waals surface area contributed by atoms with Gasteiger partial charge in [0, 0.05) is 25.2 Å². The van der Waals surface area contributed by atoms with Crippen molar-refractivity contribution in [1.29, 1.82) is 0 Å². The molecule has 0 radical (unpaired) electrons. The summed E-state index contributed by atoms with van der Waals surface area (Å²) < 4.78 is 0. The molecule has 0 fully saturated rings. The molecular weight excluding hydrogens is 248 g/mol. The van der Waals surface area contributed by atoms with Crippen LogP contribution < -0.4 is 11.1 Å². The fraction of sp³-hybridized carbons (Fsp3) is 0.412. The molecule has 0 aliphatic carbocycles. The SMILES string of the molecule is CC(CCCO)NC(CN)c1ccc2ccccc2c1. The Morgan fingerprint density at radius 3 is 2.60 bits per heavy atom. The minimum absolute atomic E-state index is 0.160. The predicted octanol–water partition coefficient (Wildman–Crippen LogP) is 2.59. The molecule has 0 saturated heterocycles. The fourth-order valence-electron chi connectivity index (χ4n) is 2.55. The number of aliphatic hydroxyl groups is 1. The summed E-state index contributed by atoms with van der Waals surface area (Å²) >= 11 is 0. The van der Waals surface area contributed by atoms with Gasteiger partial charge in [-0.15, -0.1) is 0 Å². The normalized spacial score (nSPS) is 14.3. The minimum Gasteiger partial charge on any atom is -0.396 e. The zero-order valence-corrected chi connectivity index (χ0v) is 12.0. The highest BCUT2D eigenvalue weighted by molar-refractivity contribution is 5.83. The first kappa shape index (κ1) is 15.0. The van der Waals surface area contributed by atoms with Gasteiger partial charge in [-0.3, -0.25) is 0 Å². The fourth-order valence-corrected chi connectivity index (χ4v) is 2.55. The van der Waals surface area contributed by atoms with E-state index in [1.165, 1.54) is 16.3 Å². The molecule has 20 heavy (non-hydrogen) atoms. The summed E-state index contributed by atoms with van der Waals surface area (Å²) in [7, 11) is 0. The van der Waals surface area contributed by atoms with E-state index in [2.05, 4.69) is 54.7 Å². The second-order valence-electron chi connectivity index (χ2n) is 5.33. The molecule has 2 aromatic rings. The quantitative estimate of drug-likeness (QED) is 0.726. The Labute approximate surface area is 120 Å². The first-order valence-electron chi connectivity index (χ1n) is 7.30. The highest BCUT2D eigenvalue weighted by Gasteiger charge is 2.12. The Morgan fingerprint density at radius 2 is 1.90 bits per heavy atom. The molecule has 0 heterocycles. The lowest BCUT2D eigenvalue weighted by molar-refractivity contribution is 0.274. The van der Waals surface area contributed by atoms with Crippen LogP contribution in [-0.2, 0) is 0 Å². The highest BCUT2D eigenvalue weighted by atomic mass is 16.2. The van der Waals surface area contributed by atoms with Gasteiger partial charge in [0.2, 0.25) is 0 Å². The van der Waals surface area contributed by atoms with Crippen molar-refractivity contribution in [2.45, 2.75) is 31.8 Å². The van der Waals surface area contributed by atoms with Crippen molar-refractivity contribution in [3.63, 3.8) is 0 Å². The maximum atomic E-state index is 8.89. The average molecular weight is 272 g/mol. The van der Waals surface area contributed by atoms with E-state index >= 15 is 0 Å². The van der Waals surface area contributed by atoms with E-state index in [1.807, 2.05) is 0 Å². The Hall–Kier alpha value is -1.42. The number of hydrogen-bond acceptors (Lipinski definition) is 3. The lowest BCUT2D eigenvalue weighted by Gasteiger charge is -2.22. The van der Waals surface area contributed by atoms with Gasteiger partial charge in [-0.2, -0.15) is 0 Å². The number of hydrogen-bond donors (Lipinski definition) is 3. The molecule has 3 nitrogen and oxygen atoms in total.